The molecule has 29 heavy (non-hydrogen) atoms. The number of ketones is 2. The van der Waals surface area contributed by atoms with Crippen LogP contribution >= 0.6 is 0 Å². The Hall–Kier alpha value is -1.53. The molecule has 0 aromatic heterocycles. The number of esters is 1. The van der Waals surface area contributed by atoms with Gasteiger partial charge in [-0.3, -0.25) is 14.4 Å². The van der Waals surface area contributed by atoms with E-state index >= 15 is 0 Å². The van der Waals surface area contributed by atoms with Crippen molar-refractivity contribution < 1.29 is 29.3 Å². The fraction of sp³-hybridized carbons (Fsp3) is 0.783. The Bertz CT molecular complexity index is 786. The number of ether oxygens (including phenoxy) is 1. The lowest BCUT2D eigenvalue weighted by molar-refractivity contribution is -0.171. The quantitative estimate of drug-likeness (QED) is 0.701. The minimum Gasteiger partial charge on any atom is -0.458 e. The number of hydrogen-bond acceptors (Lipinski definition) is 6. The summed E-state index contributed by atoms with van der Waals surface area (Å²) in [6.45, 7) is 5.04. The van der Waals surface area contributed by atoms with Crippen LogP contribution in [-0.2, 0) is 19.1 Å². The number of carbonyl (C=O) groups is 3. The van der Waals surface area contributed by atoms with E-state index in [1.165, 1.54) is 6.92 Å². The molecule has 3 saturated carbocycles. The Morgan fingerprint density at radius 2 is 1.86 bits per heavy atom. The van der Waals surface area contributed by atoms with Crippen molar-refractivity contribution in [3.63, 3.8) is 0 Å². The minimum atomic E-state index is -1.50. The second-order valence-electron chi connectivity index (χ2n) is 10.2. The van der Waals surface area contributed by atoms with Crippen molar-refractivity contribution in [1.29, 1.82) is 0 Å². The molecular weight excluding hydrogens is 372 g/mol. The standard InChI is InChI=1S/C23H32O6/c1-13(24)29-12-20(27)23(28)9-6-17-15-11-19(26)18-10-14(25)4-7-21(18,2)16(15)5-8-22(17,23)3/h10,15-17,19,26,28H,4-9,11-12H2,1-3H3/t15-,16+,17+,19-,21-,22+,23+/m1/s1. The van der Waals surface area contributed by atoms with Gasteiger partial charge in [0.15, 0.2) is 12.4 Å². The van der Waals surface area contributed by atoms with Crippen LogP contribution in [-0.4, -0.2) is 46.1 Å². The number of aliphatic hydroxyl groups is 2. The summed E-state index contributed by atoms with van der Waals surface area (Å²) in [5.41, 5.74) is -1.40. The molecule has 2 N–H and O–H groups in total. The van der Waals surface area contributed by atoms with E-state index in [-0.39, 0.29) is 23.0 Å². The average molecular weight is 405 g/mol. The van der Waals surface area contributed by atoms with Crippen LogP contribution in [0, 0.1) is 28.6 Å². The summed E-state index contributed by atoms with van der Waals surface area (Å²) in [5, 5.41) is 22.4. The van der Waals surface area contributed by atoms with Crippen molar-refractivity contribution >= 4 is 17.5 Å². The molecule has 0 spiro atoms. The molecule has 0 bridgehead atoms. The van der Waals surface area contributed by atoms with Crippen molar-refractivity contribution in [3.8, 4) is 0 Å². The van der Waals surface area contributed by atoms with Gasteiger partial charge in [-0.05, 0) is 73.3 Å². The molecule has 6 nitrogen and oxygen atoms in total. The Morgan fingerprint density at radius 1 is 1.17 bits per heavy atom. The zero-order valence-electron chi connectivity index (χ0n) is 17.6. The van der Waals surface area contributed by atoms with Crippen molar-refractivity contribution in [2.45, 2.75) is 77.4 Å². The highest BCUT2D eigenvalue weighted by Crippen LogP contribution is 2.67. The summed E-state index contributed by atoms with van der Waals surface area (Å²) in [4.78, 5) is 36.0. The van der Waals surface area contributed by atoms with Crippen LogP contribution in [0.15, 0.2) is 11.6 Å². The van der Waals surface area contributed by atoms with Crippen LogP contribution in [0.2, 0.25) is 0 Å². The number of rotatable bonds is 3. The summed E-state index contributed by atoms with van der Waals surface area (Å²) < 4.78 is 4.90. The first-order valence-electron chi connectivity index (χ1n) is 10.8. The second-order valence-corrected chi connectivity index (χ2v) is 10.2. The third-order valence-electron chi connectivity index (χ3n) is 9.00. The topological polar surface area (TPSA) is 101 Å². The van der Waals surface area contributed by atoms with E-state index in [4.69, 9.17) is 4.74 Å². The highest BCUT2D eigenvalue weighted by atomic mass is 16.5. The molecule has 4 aliphatic carbocycles. The zero-order chi connectivity index (χ0) is 21.2. The molecule has 4 rings (SSSR count). The van der Waals surface area contributed by atoms with E-state index in [1.807, 2.05) is 6.92 Å². The Labute approximate surface area is 171 Å². The van der Waals surface area contributed by atoms with Crippen LogP contribution in [0.5, 0.6) is 0 Å². The second kappa shape index (κ2) is 6.74. The maximum Gasteiger partial charge on any atom is 0.303 e. The van der Waals surface area contributed by atoms with Gasteiger partial charge in [0.1, 0.15) is 5.60 Å². The molecule has 7 atom stereocenters. The van der Waals surface area contributed by atoms with Gasteiger partial charge in [-0.2, -0.15) is 0 Å². The van der Waals surface area contributed by atoms with Crippen molar-refractivity contribution in [2.24, 2.45) is 28.6 Å². The molecule has 4 aliphatic rings. The summed E-state index contributed by atoms with van der Waals surface area (Å²) in [6, 6.07) is 0. The lowest BCUT2D eigenvalue weighted by Gasteiger charge is -2.59. The number of fused-ring (bicyclic) bond motifs is 5. The smallest absolute Gasteiger partial charge is 0.303 e. The summed E-state index contributed by atoms with van der Waals surface area (Å²) in [6.07, 6.45) is 5.55. The van der Waals surface area contributed by atoms with Crippen molar-refractivity contribution in [3.05, 3.63) is 11.6 Å². The average Bonchev–Trinajstić information content (AvgIpc) is 2.94. The van der Waals surface area contributed by atoms with Crippen molar-refractivity contribution in [1.82, 2.24) is 0 Å². The Morgan fingerprint density at radius 3 is 2.55 bits per heavy atom. The van der Waals surface area contributed by atoms with E-state index in [0.29, 0.717) is 31.6 Å². The first-order valence-corrected chi connectivity index (χ1v) is 10.8. The summed E-state index contributed by atoms with van der Waals surface area (Å²) >= 11 is 0. The van der Waals surface area contributed by atoms with Crippen LogP contribution in [0.4, 0.5) is 0 Å². The van der Waals surface area contributed by atoms with Gasteiger partial charge in [-0.1, -0.05) is 13.8 Å². The van der Waals surface area contributed by atoms with Gasteiger partial charge in [-0.25, -0.2) is 0 Å². The molecule has 0 unspecified atom stereocenters. The van der Waals surface area contributed by atoms with E-state index in [1.54, 1.807) is 6.08 Å². The molecule has 3 fully saturated rings. The lowest BCUT2D eigenvalue weighted by atomic mass is 9.45. The van der Waals surface area contributed by atoms with E-state index in [9.17, 15) is 24.6 Å². The monoisotopic (exact) mass is 404 g/mol. The molecule has 0 heterocycles. The Kier molecular flexibility index (Phi) is 4.82. The zero-order valence-corrected chi connectivity index (χ0v) is 17.6. The summed E-state index contributed by atoms with van der Waals surface area (Å²) in [5.74, 6) is -0.175. The summed E-state index contributed by atoms with van der Waals surface area (Å²) in [7, 11) is 0. The van der Waals surface area contributed by atoms with Gasteiger partial charge in [0.05, 0.1) is 6.10 Å². The normalized spacial score (nSPS) is 46.2. The number of carbonyl (C=O) groups excluding carboxylic acids is 3. The Balaban J connectivity index is 1.64. The molecular formula is C23H32O6. The first kappa shape index (κ1) is 20.7. The molecule has 0 amide bonds. The lowest BCUT2D eigenvalue weighted by Crippen LogP contribution is -2.59. The molecule has 0 aromatic rings. The maximum atomic E-state index is 12.9. The highest BCUT2D eigenvalue weighted by Gasteiger charge is 2.67. The molecule has 160 valence electrons. The third kappa shape index (κ3) is 2.86. The van der Waals surface area contributed by atoms with Crippen LogP contribution < -0.4 is 0 Å². The van der Waals surface area contributed by atoms with Gasteiger partial charge in [-0.15, -0.1) is 0 Å². The fourth-order valence-electron chi connectivity index (χ4n) is 7.37. The molecule has 0 aliphatic heterocycles. The maximum absolute atomic E-state index is 12.9. The SMILES string of the molecule is CC(=O)OCC(=O)[C@@]1(O)CC[C@H]2[C@@H]3C[C@@H](O)C4=CC(=O)CC[C@]4(C)[C@H]3CC[C@@]21C. The van der Waals surface area contributed by atoms with Crippen LogP contribution in [0.1, 0.15) is 65.7 Å². The van der Waals surface area contributed by atoms with Gasteiger partial charge in [0.2, 0.25) is 5.78 Å². The largest absolute Gasteiger partial charge is 0.458 e. The van der Waals surface area contributed by atoms with Gasteiger partial charge < -0.3 is 14.9 Å². The fourth-order valence-corrected chi connectivity index (χ4v) is 7.37. The minimum absolute atomic E-state index is 0.0990. The predicted molar refractivity (Wildman–Crippen MR) is 105 cm³/mol. The van der Waals surface area contributed by atoms with Crippen molar-refractivity contribution in [2.75, 3.05) is 6.61 Å². The van der Waals surface area contributed by atoms with Gasteiger partial charge in [0.25, 0.3) is 0 Å². The number of hydrogen-bond donors (Lipinski definition) is 2. The van der Waals surface area contributed by atoms with Gasteiger partial charge >= 0.3 is 5.97 Å². The molecule has 0 aromatic carbocycles. The number of Topliss-reactive ketones (excluding diaryl/α,β-unsaturated/α-hetero) is 1. The molecule has 0 radical (unpaired) electrons. The van der Waals surface area contributed by atoms with E-state index in [2.05, 4.69) is 6.92 Å². The number of aliphatic hydroxyl groups excluding tert-OH is 1. The van der Waals surface area contributed by atoms with E-state index < -0.39 is 35.5 Å². The molecule has 6 heteroatoms. The van der Waals surface area contributed by atoms with Crippen LogP contribution in [0.25, 0.3) is 0 Å². The molecule has 0 saturated heterocycles. The predicted octanol–water partition coefficient (Wildman–Crippen LogP) is 2.35. The van der Waals surface area contributed by atoms with Crippen LogP contribution in [0.3, 0.4) is 0 Å². The first-order chi connectivity index (χ1) is 13.5. The third-order valence-corrected chi connectivity index (χ3v) is 9.00. The van der Waals surface area contributed by atoms with Gasteiger partial charge in [0, 0.05) is 18.8 Å². The van der Waals surface area contributed by atoms with E-state index in [0.717, 1.165) is 24.8 Å². The highest BCUT2D eigenvalue weighted by molar-refractivity contribution is 5.92.